The van der Waals surface area contributed by atoms with Crippen molar-refractivity contribution in [3.8, 4) is 0 Å². The number of fused-ring (bicyclic) bond motifs is 2. The molecule has 0 N–H and O–H groups in total. The molecule has 0 bridgehead atoms. The van der Waals surface area contributed by atoms with Crippen LogP contribution in [0.4, 0.5) is 9.41 Å². The van der Waals surface area contributed by atoms with Crippen LogP contribution >= 0.6 is 0 Å². The Morgan fingerprint density at radius 1 is 0.579 bits per heavy atom. The molecule has 0 saturated heterocycles. The maximum atomic E-state index is 2.78. The fourth-order valence-electron chi connectivity index (χ4n) is 7.68. The molecule has 2 aromatic rings. The predicted molar refractivity (Wildman–Crippen MR) is 167 cm³/mol. The fourth-order valence-corrected chi connectivity index (χ4v) is 28.9. The van der Waals surface area contributed by atoms with Crippen LogP contribution in [0.1, 0.15) is 145 Å². The number of hydrogen-bond donors (Lipinski definition) is 0. The Balaban J connectivity index is 0.00000253. The van der Waals surface area contributed by atoms with Crippen LogP contribution in [0.25, 0.3) is 12.2 Å². The third kappa shape index (κ3) is 5.30. The number of benzene rings is 2. The second-order valence-electron chi connectivity index (χ2n) is 14.4. The van der Waals surface area contributed by atoms with E-state index in [4.69, 9.17) is 0 Å². The molecule has 0 spiro atoms. The van der Waals surface area contributed by atoms with E-state index < -0.39 is 17.4 Å². The summed E-state index contributed by atoms with van der Waals surface area (Å²) in [5.74, 6) is 2.20. The topological polar surface area (TPSA) is 0 Å². The Morgan fingerprint density at radius 2 is 0.895 bits per heavy atom. The summed E-state index contributed by atoms with van der Waals surface area (Å²) in [5.41, 5.74) is 15.8. The van der Waals surface area contributed by atoms with Gasteiger partial charge in [0.05, 0.1) is 0 Å². The first kappa shape index (κ1) is 33.1. The van der Waals surface area contributed by atoms with Gasteiger partial charge in [-0.3, -0.25) is 9.41 Å². The van der Waals surface area contributed by atoms with Crippen LogP contribution in [0.3, 0.4) is 0 Å². The third-order valence-electron chi connectivity index (χ3n) is 9.28. The van der Waals surface area contributed by atoms with Gasteiger partial charge in [-0.1, -0.05) is 0 Å². The summed E-state index contributed by atoms with van der Waals surface area (Å²) in [6, 6.07) is 10.2. The van der Waals surface area contributed by atoms with Crippen LogP contribution in [0.5, 0.6) is 0 Å². The minimum atomic E-state index is -3.48. The summed E-state index contributed by atoms with van der Waals surface area (Å²) >= 11 is -3.48. The molecule has 0 amide bonds. The first-order chi connectivity index (χ1) is 16.5. The molecule has 38 heavy (non-hydrogen) atoms. The van der Waals surface area contributed by atoms with Gasteiger partial charge in [0, 0.05) is 0 Å². The SMILES string of the molecule is CC1=Cc2c(C(C)C)cc(C(C)C)cc2[CH]1[Zr]([CH3])([CH3])(=[SiH2])[CH]1C(C)=Cc2c(C(C)C)cc(C(C)C)cc21.F.F. The number of rotatable bonds is 6. The average molecular weight is 618 g/mol. The molecular formula is C34H52F2SiZr. The van der Waals surface area contributed by atoms with E-state index in [1.54, 1.807) is 44.5 Å². The summed E-state index contributed by atoms with van der Waals surface area (Å²) in [4.78, 5) is 0. The van der Waals surface area contributed by atoms with E-state index in [0.717, 1.165) is 0 Å². The van der Waals surface area contributed by atoms with E-state index in [1.165, 1.54) is 11.1 Å². The summed E-state index contributed by atoms with van der Waals surface area (Å²) in [6.45, 7) is 26.3. The van der Waals surface area contributed by atoms with E-state index in [-0.39, 0.29) is 9.41 Å². The largest absolute Gasteiger partial charge is 0.269 e. The molecule has 4 heteroatoms. The van der Waals surface area contributed by atoms with Crippen molar-refractivity contribution >= 4 is 19.0 Å². The van der Waals surface area contributed by atoms with E-state index >= 15 is 0 Å². The summed E-state index contributed by atoms with van der Waals surface area (Å²) < 4.78 is 6.76. The molecule has 0 radical (unpaired) electrons. The molecule has 0 saturated carbocycles. The fraction of sp³-hybridized carbons (Fsp3) is 0.529. The second kappa shape index (κ2) is 11.0. The molecule has 0 heterocycles. The van der Waals surface area contributed by atoms with Gasteiger partial charge in [-0.25, -0.2) is 0 Å². The molecule has 0 nitrogen and oxygen atoms in total. The van der Waals surface area contributed by atoms with Crippen LogP contribution < -0.4 is 0 Å². The van der Waals surface area contributed by atoms with E-state index in [0.29, 0.717) is 30.9 Å². The smallest absolute Gasteiger partial charge is 0.269 e. The van der Waals surface area contributed by atoms with Crippen LogP contribution in [-0.4, -0.2) is 6.88 Å². The Morgan fingerprint density at radius 3 is 1.16 bits per heavy atom. The van der Waals surface area contributed by atoms with Gasteiger partial charge < -0.3 is 0 Å². The van der Waals surface area contributed by atoms with Crippen molar-refractivity contribution in [2.24, 2.45) is 0 Å². The van der Waals surface area contributed by atoms with Crippen LogP contribution in [0.15, 0.2) is 35.4 Å². The quantitative estimate of drug-likeness (QED) is 0.283. The van der Waals surface area contributed by atoms with Crippen molar-refractivity contribution in [2.45, 2.75) is 109 Å². The molecule has 2 aliphatic rings. The van der Waals surface area contributed by atoms with Gasteiger partial charge in [-0.05, 0) is 0 Å². The molecule has 210 valence electrons. The van der Waals surface area contributed by atoms with Crippen LogP contribution in [0, 0.1) is 0 Å². The summed E-state index contributed by atoms with van der Waals surface area (Å²) in [6.07, 6.45) is 5.15. The summed E-state index contributed by atoms with van der Waals surface area (Å²) in [7, 11) is 0. The summed E-state index contributed by atoms with van der Waals surface area (Å²) in [5, 5.41) is 0. The number of allylic oxidation sites excluding steroid dienone is 2. The zero-order chi connectivity index (χ0) is 26.9. The Kier molecular flexibility index (Phi) is 9.61. The first-order valence-corrected chi connectivity index (χ1v) is 28.0. The van der Waals surface area contributed by atoms with Crippen molar-refractivity contribution in [1.82, 2.24) is 0 Å². The van der Waals surface area contributed by atoms with Crippen molar-refractivity contribution in [1.29, 1.82) is 0 Å². The van der Waals surface area contributed by atoms with Gasteiger partial charge in [0.15, 0.2) is 0 Å². The maximum absolute atomic E-state index is 3.48. The predicted octanol–water partition coefficient (Wildman–Crippen LogP) is 10.4. The maximum Gasteiger partial charge on any atom is -0.269 e. The minimum Gasteiger partial charge on any atom is -0.269 e. The van der Waals surface area contributed by atoms with Gasteiger partial charge in [0.25, 0.3) is 0 Å². The molecule has 2 aromatic carbocycles. The second-order valence-corrected chi connectivity index (χ2v) is 44.9. The van der Waals surface area contributed by atoms with E-state index in [1.807, 2.05) is 0 Å². The molecule has 2 atom stereocenters. The Labute approximate surface area is 234 Å². The molecule has 0 aliphatic heterocycles. The van der Waals surface area contributed by atoms with E-state index in [2.05, 4.69) is 122 Å². The minimum absolute atomic E-state index is 0. The van der Waals surface area contributed by atoms with Gasteiger partial charge >= 0.3 is 226 Å². The van der Waals surface area contributed by atoms with Gasteiger partial charge in [0.1, 0.15) is 0 Å². The Bertz CT molecular complexity index is 1250. The van der Waals surface area contributed by atoms with Crippen molar-refractivity contribution in [3.63, 3.8) is 0 Å². The van der Waals surface area contributed by atoms with Gasteiger partial charge in [-0.15, -0.1) is 0 Å². The normalized spacial score (nSPS) is 18.9. The van der Waals surface area contributed by atoms with Crippen molar-refractivity contribution in [2.75, 3.05) is 0 Å². The van der Waals surface area contributed by atoms with Gasteiger partial charge in [0.2, 0.25) is 0 Å². The average Bonchev–Trinajstić information content (AvgIpc) is 3.27. The van der Waals surface area contributed by atoms with Crippen LogP contribution in [-0.2, 0) is 17.4 Å². The Hall–Kier alpha value is -1.12. The molecule has 2 unspecified atom stereocenters. The first-order valence-electron chi connectivity index (χ1n) is 14.3. The number of halogens is 2. The van der Waals surface area contributed by atoms with Gasteiger partial charge in [-0.2, -0.15) is 0 Å². The third-order valence-corrected chi connectivity index (χ3v) is 27.2. The monoisotopic (exact) mass is 616 g/mol. The van der Waals surface area contributed by atoms with Crippen molar-refractivity contribution < 1.29 is 26.8 Å². The molecule has 2 aliphatic carbocycles. The molecule has 0 aromatic heterocycles. The number of hydrogen-bond acceptors (Lipinski definition) is 0. The van der Waals surface area contributed by atoms with Crippen molar-refractivity contribution in [3.05, 3.63) is 79.9 Å². The zero-order valence-electron chi connectivity index (χ0n) is 26.0. The zero-order valence-corrected chi connectivity index (χ0v) is 29.8. The molecular weight excluding hydrogens is 566 g/mol. The van der Waals surface area contributed by atoms with E-state index in [9.17, 15) is 0 Å². The molecule has 4 rings (SSSR count). The standard InChI is InChI=1S/2C16H21.2CH3.2FH.H2Si.Zr/c2*1-10(2)13-8-14-6-12(5)7-16(14)15(9-13)11(3)4;;;;;;/h2*6-11H,1-5H3;2*1H3;2*1H;1H2;. The molecule has 0 fully saturated rings. The van der Waals surface area contributed by atoms with Crippen LogP contribution in [0.2, 0.25) is 9.26 Å².